The molecule has 9 heavy (non-hydrogen) atoms. The molecule has 70 valence electrons. The van der Waals surface area contributed by atoms with Crippen molar-refractivity contribution in [2.75, 3.05) is 0 Å². The first-order valence-electron chi connectivity index (χ1n) is 0. The molecule has 0 amide bonds. The van der Waals surface area contributed by atoms with E-state index in [4.69, 9.17) is 0 Å². The van der Waals surface area contributed by atoms with E-state index < -0.39 is 0 Å². The second kappa shape index (κ2) is 168. The average molecular weight is 441 g/mol. The van der Waals surface area contributed by atoms with Crippen molar-refractivity contribution in [2.45, 2.75) is 0 Å². The molecule has 0 aromatic rings. The first-order valence-corrected chi connectivity index (χ1v) is 0. The van der Waals surface area contributed by atoms with Crippen LogP contribution in [0.3, 0.4) is 0 Å². The van der Waals surface area contributed by atoms with Crippen LogP contribution < -0.4 is 86.7 Å². The SMILES string of the molecule is [Cl-].[Cl-].[Cl-].[Cl-].[Cl-].[Cl-].[Ir+3].[NH4+].[NH4+]. The Balaban J connectivity index is 0. The molecule has 0 aliphatic heterocycles. The van der Waals surface area contributed by atoms with Gasteiger partial charge in [-0.2, -0.15) is 0 Å². The van der Waals surface area contributed by atoms with Gasteiger partial charge in [0.2, 0.25) is 0 Å². The van der Waals surface area contributed by atoms with E-state index in [-0.39, 0.29) is 107 Å². The van der Waals surface area contributed by atoms with E-state index in [0.717, 1.165) is 0 Å². The van der Waals surface area contributed by atoms with E-state index in [1.54, 1.807) is 0 Å². The van der Waals surface area contributed by atoms with Crippen molar-refractivity contribution in [2.24, 2.45) is 0 Å². The molecule has 0 spiro atoms. The molecule has 0 rings (SSSR count). The minimum Gasteiger partial charge on any atom is -1.00 e. The van der Waals surface area contributed by atoms with Crippen LogP contribution >= 0.6 is 0 Å². The summed E-state index contributed by atoms with van der Waals surface area (Å²) >= 11 is 0. The number of hydrogen-bond donors (Lipinski definition) is 2. The molecular weight excluding hydrogens is 433 g/mol. The van der Waals surface area contributed by atoms with Gasteiger partial charge in [0.05, 0.1) is 0 Å². The van der Waals surface area contributed by atoms with Gasteiger partial charge >= 0.3 is 20.1 Å². The zero-order valence-electron chi connectivity index (χ0n) is 4.60. The third-order valence-corrected chi connectivity index (χ3v) is 0. The zero-order chi connectivity index (χ0) is 0. The van der Waals surface area contributed by atoms with Crippen LogP contribution in [0, 0.1) is 0 Å². The minimum atomic E-state index is 0. The zero-order valence-corrected chi connectivity index (χ0v) is 11.5. The molecule has 0 heterocycles. The maximum Gasteiger partial charge on any atom is 3.00 e. The van der Waals surface area contributed by atoms with Crippen LogP contribution in [0.4, 0.5) is 0 Å². The molecule has 0 bridgehead atoms. The van der Waals surface area contributed by atoms with E-state index in [0.29, 0.717) is 0 Å². The molecule has 0 radical (unpaired) electrons. The van der Waals surface area contributed by atoms with E-state index in [9.17, 15) is 0 Å². The van der Waals surface area contributed by atoms with Crippen LogP contribution in [0.15, 0.2) is 0 Å². The van der Waals surface area contributed by atoms with Gasteiger partial charge in [-0.3, -0.25) is 0 Å². The van der Waals surface area contributed by atoms with Gasteiger partial charge in [0, 0.05) is 0 Å². The number of quaternary nitrogens is 2. The Kier molecular flexibility index (Phi) is 4200. The first-order chi connectivity index (χ1) is 0. The van der Waals surface area contributed by atoms with Crippen LogP contribution in [0.5, 0.6) is 0 Å². The van der Waals surface area contributed by atoms with Gasteiger partial charge in [-0.15, -0.1) is 0 Å². The van der Waals surface area contributed by atoms with E-state index >= 15 is 0 Å². The molecular formula is H8Cl6IrN2-. The quantitative estimate of drug-likeness (QED) is 0.375. The number of hydrogen-bond acceptors (Lipinski definition) is 0. The van der Waals surface area contributed by atoms with Crippen molar-refractivity contribution < 1.29 is 94.5 Å². The van der Waals surface area contributed by atoms with Gasteiger partial charge in [0.1, 0.15) is 0 Å². The molecule has 0 aromatic carbocycles. The third kappa shape index (κ3) is 133. The van der Waals surface area contributed by atoms with Crippen molar-refractivity contribution in [1.82, 2.24) is 12.3 Å². The maximum absolute atomic E-state index is 0. The van der Waals surface area contributed by atoms with E-state index in [1.807, 2.05) is 0 Å². The Morgan fingerprint density at radius 2 is 0.333 bits per heavy atom. The normalized spacial score (nSPS) is 0. The monoisotopic (exact) mass is 439 g/mol. The predicted octanol–water partition coefficient (Wildman–Crippen LogP) is -17.2. The summed E-state index contributed by atoms with van der Waals surface area (Å²) in [5.41, 5.74) is 0. The van der Waals surface area contributed by atoms with Gasteiger partial charge in [-0.05, 0) is 0 Å². The molecule has 0 saturated carbocycles. The van der Waals surface area contributed by atoms with Gasteiger partial charge in [0.15, 0.2) is 0 Å². The van der Waals surface area contributed by atoms with Gasteiger partial charge < -0.3 is 86.7 Å². The van der Waals surface area contributed by atoms with Gasteiger partial charge in [0.25, 0.3) is 0 Å². The number of rotatable bonds is 0. The summed E-state index contributed by atoms with van der Waals surface area (Å²) < 4.78 is 0. The summed E-state index contributed by atoms with van der Waals surface area (Å²) in [4.78, 5) is 0. The maximum atomic E-state index is 0. The summed E-state index contributed by atoms with van der Waals surface area (Å²) in [6, 6.07) is 0. The minimum absolute atomic E-state index is 0. The fourth-order valence-electron chi connectivity index (χ4n) is 0. The fraction of sp³-hybridized carbons (Fsp3) is 0. The number of halogens is 6. The van der Waals surface area contributed by atoms with E-state index in [2.05, 4.69) is 0 Å². The Morgan fingerprint density at radius 1 is 0.333 bits per heavy atom. The molecule has 0 aromatic heterocycles. The van der Waals surface area contributed by atoms with Gasteiger partial charge in [-0.1, -0.05) is 0 Å². The Labute approximate surface area is 106 Å². The molecule has 0 aliphatic rings. The molecule has 0 saturated heterocycles. The predicted molar refractivity (Wildman–Crippen MR) is 12.0 cm³/mol. The molecule has 0 fully saturated rings. The summed E-state index contributed by atoms with van der Waals surface area (Å²) in [7, 11) is 0. The van der Waals surface area contributed by atoms with Crippen molar-refractivity contribution in [3.63, 3.8) is 0 Å². The van der Waals surface area contributed by atoms with Crippen LogP contribution in [-0.4, -0.2) is 0 Å². The van der Waals surface area contributed by atoms with Crippen molar-refractivity contribution >= 4 is 0 Å². The summed E-state index contributed by atoms with van der Waals surface area (Å²) in [5.74, 6) is 0. The first kappa shape index (κ1) is 225. The van der Waals surface area contributed by atoms with Crippen molar-refractivity contribution in [1.29, 1.82) is 0 Å². The molecule has 2 nitrogen and oxygen atoms in total. The Morgan fingerprint density at radius 3 is 0.333 bits per heavy atom. The average Bonchev–Trinajstić information content (AvgIpc) is 0. The topological polar surface area (TPSA) is 73.0 Å². The summed E-state index contributed by atoms with van der Waals surface area (Å²) in [6.45, 7) is 0. The smallest absolute Gasteiger partial charge is 1.00 e. The summed E-state index contributed by atoms with van der Waals surface area (Å²) in [5, 5.41) is 0. The standard InChI is InChI=1S/6ClH.Ir.2H3N/h6*1H;;2*1H3/q;;;;;;+3;;/p-4. The van der Waals surface area contributed by atoms with Crippen molar-refractivity contribution in [3.8, 4) is 0 Å². The Hall–Kier alpha value is 2.31. The molecule has 8 N–H and O–H groups in total. The van der Waals surface area contributed by atoms with Crippen LogP contribution in [0.1, 0.15) is 0 Å². The fourth-order valence-corrected chi connectivity index (χ4v) is 0. The molecule has 0 atom stereocenters. The van der Waals surface area contributed by atoms with Crippen LogP contribution in [0.25, 0.3) is 0 Å². The van der Waals surface area contributed by atoms with Crippen molar-refractivity contribution in [3.05, 3.63) is 0 Å². The Bertz CT molecular complexity index is 11.0. The second-order valence-electron chi connectivity index (χ2n) is 0. The van der Waals surface area contributed by atoms with Crippen LogP contribution in [0.2, 0.25) is 0 Å². The van der Waals surface area contributed by atoms with Crippen LogP contribution in [-0.2, 0) is 20.1 Å². The van der Waals surface area contributed by atoms with Gasteiger partial charge in [-0.25, -0.2) is 0 Å². The third-order valence-electron chi connectivity index (χ3n) is 0. The molecule has 0 aliphatic carbocycles. The largest absolute Gasteiger partial charge is 3.00 e. The molecule has 0 unspecified atom stereocenters. The summed E-state index contributed by atoms with van der Waals surface area (Å²) in [6.07, 6.45) is 0. The molecule has 9 heteroatoms. The van der Waals surface area contributed by atoms with E-state index in [1.165, 1.54) is 0 Å². The second-order valence-corrected chi connectivity index (χ2v) is 0.